The van der Waals surface area contributed by atoms with Crippen molar-refractivity contribution >= 4 is 38.2 Å². The lowest BCUT2D eigenvalue weighted by molar-refractivity contribution is 0.584. The Kier molecular flexibility index (Phi) is 6.21. The Hall–Kier alpha value is -5.72. The summed E-state index contributed by atoms with van der Waals surface area (Å²) >= 11 is 0. The predicted molar refractivity (Wildman–Crippen MR) is 181 cm³/mol. The molecule has 1 atom stereocenters. The van der Waals surface area contributed by atoms with Gasteiger partial charge in [-0.15, -0.1) is 0 Å². The Morgan fingerprint density at radius 2 is 1.39 bits per heavy atom. The molecular formula is C41H28N2O. The number of rotatable bonds is 4. The Balaban J connectivity index is 1.33. The number of aromatic nitrogens is 1. The molecule has 1 aliphatic carbocycles. The Morgan fingerprint density at radius 1 is 0.705 bits per heavy atom. The third kappa shape index (κ3) is 4.49. The minimum absolute atomic E-state index is 0.515. The lowest BCUT2D eigenvalue weighted by Crippen LogP contribution is -1.94. The van der Waals surface area contributed by atoms with Gasteiger partial charge in [0.25, 0.3) is 0 Å². The van der Waals surface area contributed by atoms with Crippen LogP contribution in [0.4, 0.5) is 0 Å². The molecule has 1 unspecified atom stereocenters. The summed E-state index contributed by atoms with van der Waals surface area (Å²) in [6.45, 7) is 2.22. The second kappa shape index (κ2) is 10.5. The highest BCUT2D eigenvalue weighted by molar-refractivity contribution is 6.14. The van der Waals surface area contributed by atoms with Crippen molar-refractivity contribution in [3.05, 3.63) is 145 Å². The summed E-state index contributed by atoms with van der Waals surface area (Å²) in [6.07, 6.45) is 7.55. The van der Waals surface area contributed by atoms with Gasteiger partial charge in [0.2, 0.25) is 5.89 Å². The van der Waals surface area contributed by atoms with E-state index in [9.17, 15) is 5.26 Å². The van der Waals surface area contributed by atoms with Gasteiger partial charge in [-0.25, -0.2) is 4.98 Å². The third-order valence-electron chi connectivity index (χ3n) is 8.68. The second-order valence-corrected chi connectivity index (χ2v) is 11.6. The van der Waals surface area contributed by atoms with Gasteiger partial charge in [0.15, 0.2) is 5.58 Å². The van der Waals surface area contributed by atoms with Gasteiger partial charge in [0.1, 0.15) is 5.52 Å². The molecule has 44 heavy (non-hydrogen) atoms. The van der Waals surface area contributed by atoms with Gasteiger partial charge >= 0.3 is 0 Å². The molecule has 6 aromatic carbocycles. The highest BCUT2D eigenvalue weighted by Gasteiger charge is 2.19. The molecule has 7 aromatic rings. The standard InChI is InChI=1S/C41H28N2O/c1-26-10-14-31(15-11-26)41-43-40-38(30-20-18-29(19-21-30)28-16-12-27(25-42)13-17-28)23-33(24-39(40)44-41)37-22-32-6-2-3-7-34(32)35-8-4-5-9-36(35)37/h2-10,12-24,26H,11H2,1H3. The minimum atomic E-state index is 0.515. The number of nitriles is 1. The van der Waals surface area contributed by atoms with E-state index in [-0.39, 0.29) is 0 Å². The van der Waals surface area contributed by atoms with E-state index in [1.807, 2.05) is 24.3 Å². The second-order valence-electron chi connectivity index (χ2n) is 11.6. The lowest BCUT2D eigenvalue weighted by Gasteiger charge is -2.13. The topological polar surface area (TPSA) is 49.8 Å². The van der Waals surface area contributed by atoms with Crippen LogP contribution in [0.5, 0.6) is 0 Å². The molecule has 0 saturated heterocycles. The SMILES string of the molecule is CC1C=CC(c2nc3c(-c4ccc(-c5ccc(C#N)cc5)cc4)cc(-c4cc5ccccc5c5ccccc45)cc3o2)=CC1. The number of fused-ring (bicyclic) bond motifs is 4. The zero-order chi connectivity index (χ0) is 29.6. The number of nitrogens with zero attached hydrogens (tertiary/aromatic N) is 2. The molecule has 0 aliphatic heterocycles. The zero-order valence-corrected chi connectivity index (χ0v) is 24.3. The van der Waals surface area contributed by atoms with Crippen LogP contribution in [0.1, 0.15) is 24.8 Å². The van der Waals surface area contributed by atoms with Crippen molar-refractivity contribution in [2.24, 2.45) is 5.92 Å². The van der Waals surface area contributed by atoms with E-state index in [0.717, 1.165) is 50.9 Å². The number of hydrogen-bond acceptors (Lipinski definition) is 3. The van der Waals surface area contributed by atoms with Crippen LogP contribution < -0.4 is 0 Å². The van der Waals surface area contributed by atoms with Crippen LogP contribution in [0, 0.1) is 17.2 Å². The number of benzene rings is 6. The fourth-order valence-electron chi connectivity index (χ4n) is 6.29. The molecule has 0 saturated carbocycles. The van der Waals surface area contributed by atoms with Crippen LogP contribution >= 0.6 is 0 Å². The van der Waals surface area contributed by atoms with Crippen molar-refractivity contribution in [1.29, 1.82) is 5.26 Å². The van der Waals surface area contributed by atoms with Crippen molar-refractivity contribution in [3.8, 4) is 39.4 Å². The smallest absolute Gasteiger partial charge is 0.226 e. The summed E-state index contributed by atoms with van der Waals surface area (Å²) in [4.78, 5) is 5.07. The van der Waals surface area contributed by atoms with Crippen LogP contribution in [0.25, 0.3) is 71.6 Å². The molecule has 0 spiro atoms. The van der Waals surface area contributed by atoms with E-state index < -0.39 is 0 Å². The monoisotopic (exact) mass is 564 g/mol. The van der Waals surface area contributed by atoms with E-state index in [1.54, 1.807) is 0 Å². The number of oxazole rings is 1. The fourth-order valence-corrected chi connectivity index (χ4v) is 6.29. The Bertz CT molecular complexity index is 2310. The van der Waals surface area contributed by atoms with Crippen molar-refractivity contribution in [3.63, 3.8) is 0 Å². The van der Waals surface area contributed by atoms with Crippen molar-refractivity contribution in [1.82, 2.24) is 4.98 Å². The highest BCUT2D eigenvalue weighted by atomic mass is 16.3. The van der Waals surface area contributed by atoms with E-state index in [0.29, 0.717) is 17.4 Å². The summed E-state index contributed by atoms with van der Waals surface area (Å²) in [7, 11) is 0. The van der Waals surface area contributed by atoms with Gasteiger partial charge in [-0.1, -0.05) is 110 Å². The lowest BCUT2D eigenvalue weighted by atomic mass is 9.91. The molecular weight excluding hydrogens is 536 g/mol. The van der Waals surface area contributed by atoms with Crippen LogP contribution in [-0.2, 0) is 0 Å². The maximum atomic E-state index is 9.19. The quantitative estimate of drug-likeness (QED) is 0.200. The molecule has 0 bridgehead atoms. The molecule has 0 radical (unpaired) electrons. The minimum Gasteiger partial charge on any atom is -0.436 e. The zero-order valence-electron chi connectivity index (χ0n) is 24.3. The van der Waals surface area contributed by atoms with Crippen LogP contribution in [0.2, 0.25) is 0 Å². The summed E-state index contributed by atoms with van der Waals surface area (Å²) in [6, 6.07) is 42.4. The van der Waals surface area contributed by atoms with Gasteiger partial charge in [0, 0.05) is 11.1 Å². The van der Waals surface area contributed by atoms with Crippen molar-refractivity contribution < 1.29 is 4.42 Å². The van der Waals surface area contributed by atoms with E-state index in [1.165, 1.54) is 27.1 Å². The Labute approximate surface area is 256 Å². The van der Waals surface area contributed by atoms with Crippen molar-refractivity contribution in [2.75, 3.05) is 0 Å². The first-order chi connectivity index (χ1) is 21.6. The van der Waals surface area contributed by atoms with Gasteiger partial charge in [-0.2, -0.15) is 5.26 Å². The molecule has 3 heteroatoms. The van der Waals surface area contributed by atoms with E-state index in [4.69, 9.17) is 9.40 Å². The van der Waals surface area contributed by atoms with Crippen molar-refractivity contribution in [2.45, 2.75) is 13.3 Å². The fraction of sp³-hybridized carbons (Fsp3) is 0.0732. The van der Waals surface area contributed by atoms with Gasteiger partial charge in [-0.3, -0.25) is 0 Å². The maximum Gasteiger partial charge on any atom is 0.226 e. The van der Waals surface area contributed by atoms with Crippen LogP contribution in [-0.4, -0.2) is 4.98 Å². The highest BCUT2D eigenvalue weighted by Crippen LogP contribution is 2.40. The van der Waals surface area contributed by atoms with Gasteiger partial charge in [-0.05, 0) is 92.0 Å². The molecule has 1 heterocycles. The molecule has 0 N–H and O–H groups in total. The average Bonchev–Trinajstić information content (AvgIpc) is 3.52. The molecule has 0 amide bonds. The number of allylic oxidation sites excluding steroid dienone is 4. The predicted octanol–water partition coefficient (Wildman–Crippen LogP) is 11.0. The third-order valence-corrected chi connectivity index (χ3v) is 8.68. The first-order valence-corrected chi connectivity index (χ1v) is 15.0. The summed E-state index contributed by atoms with van der Waals surface area (Å²) < 4.78 is 6.52. The maximum absolute atomic E-state index is 9.19. The van der Waals surface area contributed by atoms with Crippen LogP contribution in [0.3, 0.4) is 0 Å². The van der Waals surface area contributed by atoms with Gasteiger partial charge < -0.3 is 4.42 Å². The average molecular weight is 565 g/mol. The first-order valence-electron chi connectivity index (χ1n) is 15.0. The van der Waals surface area contributed by atoms with E-state index in [2.05, 4.69) is 122 Å². The molecule has 8 rings (SSSR count). The normalized spacial score (nSPS) is 14.6. The number of hydrogen-bond donors (Lipinski definition) is 0. The Morgan fingerprint density at radius 3 is 2.11 bits per heavy atom. The summed E-state index contributed by atoms with van der Waals surface area (Å²) in [5, 5.41) is 14.1. The molecule has 208 valence electrons. The first kappa shape index (κ1) is 25.9. The van der Waals surface area contributed by atoms with Crippen LogP contribution in [0.15, 0.2) is 138 Å². The largest absolute Gasteiger partial charge is 0.436 e. The van der Waals surface area contributed by atoms with Gasteiger partial charge in [0.05, 0.1) is 11.6 Å². The van der Waals surface area contributed by atoms with E-state index >= 15 is 0 Å². The molecule has 0 fully saturated rings. The molecule has 1 aromatic heterocycles. The molecule has 1 aliphatic rings. The summed E-state index contributed by atoms with van der Waals surface area (Å²) in [5.74, 6) is 1.17. The molecule has 3 nitrogen and oxygen atoms in total. The summed E-state index contributed by atoms with van der Waals surface area (Å²) in [5.41, 5.74) is 9.84.